The summed E-state index contributed by atoms with van der Waals surface area (Å²) in [5.41, 5.74) is 0. The van der Waals surface area contributed by atoms with Crippen molar-refractivity contribution in [2.75, 3.05) is 5.75 Å². The molecule has 90 valence electrons. The first kappa shape index (κ1) is 13.4. The lowest BCUT2D eigenvalue weighted by molar-refractivity contribution is 0.335. The minimum absolute atomic E-state index is 0.744. The van der Waals surface area contributed by atoms with Gasteiger partial charge in [0.25, 0.3) is 0 Å². The van der Waals surface area contributed by atoms with Crippen LogP contribution in [0.15, 0.2) is 0 Å². The zero-order chi connectivity index (χ0) is 11.1. The van der Waals surface area contributed by atoms with Crippen LogP contribution < -0.4 is 5.32 Å². The van der Waals surface area contributed by atoms with Gasteiger partial charge in [-0.05, 0) is 31.4 Å². The van der Waals surface area contributed by atoms with E-state index in [1.165, 1.54) is 44.3 Å². The SMILES string of the molecule is CCSC1CCCCC1NC(CC)CC. The van der Waals surface area contributed by atoms with Gasteiger partial charge in [-0.25, -0.2) is 0 Å². The molecular formula is C13H27NS. The summed E-state index contributed by atoms with van der Waals surface area (Å²) in [6.07, 6.45) is 8.24. The van der Waals surface area contributed by atoms with Crippen molar-refractivity contribution in [2.24, 2.45) is 0 Å². The van der Waals surface area contributed by atoms with Crippen molar-refractivity contribution in [1.82, 2.24) is 5.32 Å². The van der Waals surface area contributed by atoms with E-state index in [4.69, 9.17) is 0 Å². The second-order valence-corrected chi connectivity index (χ2v) is 6.08. The largest absolute Gasteiger partial charge is 0.310 e. The molecule has 0 bridgehead atoms. The molecule has 1 rings (SSSR count). The lowest BCUT2D eigenvalue weighted by atomic mass is 9.93. The number of thioether (sulfide) groups is 1. The van der Waals surface area contributed by atoms with Crippen LogP contribution in [0.4, 0.5) is 0 Å². The molecule has 0 saturated heterocycles. The van der Waals surface area contributed by atoms with E-state index >= 15 is 0 Å². The maximum atomic E-state index is 3.87. The Kier molecular flexibility index (Phi) is 6.74. The van der Waals surface area contributed by atoms with Gasteiger partial charge in [0.05, 0.1) is 0 Å². The second-order valence-electron chi connectivity index (χ2n) is 4.56. The first-order chi connectivity index (χ1) is 7.31. The van der Waals surface area contributed by atoms with E-state index in [1.807, 2.05) is 0 Å². The fourth-order valence-electron chi connectivity index (χ4n) is 2.53. The van der Waals surface area contributed by atoms with Crippen molar-refractivity contribution in [1.29, 1.82) is 0 Å². The summed E-state index contributed by atoms with van der Waals surface area (Å²) in [5.74, 6) is 1.27. The Balaban J connectivity index is 2.40. The van der Waals surface area contributed by atoms with Crippen LogP contribution in [0.2, 0.25) is 0 Å². The number of rotatable bonds is 6. The van der Waals surface area contributed by atoms with Crippen molar-refractivity contribution in [3.05, 3.63) is 0 Å². The Bertz CT molecular complexity index is 155. The van der Waals surface area contributed by atoms with E-state index in [9.17, 15) is 0 Å². The fraction of sp³-hybridized carbons (Fsp3) is 1.00. The molecule has 1 fully saturated rings. The lowest BCUT2D eigenvalue weighted by Crippen LogP contribution is -2.45. The minimum Gasteiger partial charge on any atom is -0.310 e. The third-order valence-electron chi connectivity index (χ3n) is 3.52. The summed E-state index contributed by atoms with van der Waals surface area (Å²) in [4.78, 5) is 0. The summed E-state index contributed by atoms with van der Waals surface area (Å²) in [6, 6.07) is 1.53. The zero-order valence-electron chi connectivity index (χ0n) is 10.6. The van der Waals surface area contributed by atoms with Crippen LogP contribution in [-0.2, 0) is 0 Å². The number of hydrogen-bond acceptors (Lipinski definition) is 2. The minimum atomic E-state index is 0.744. The molecule has 0 aliphatic heterocycles. The molecule has 0 aromatic heterocycles. The average Bonchev–Trinajstić information content (AvgIpc) is 2.28. The molecule has 1 aliphatic rings. The van der Waals surface area contributed by atoms with E-state index in [0.717, 1.165) is 17.3 Å². The van der Waals surface area contributed by atoms with E-state index in [1.54, 1.807) is 0 Å². The molecule has 2 heteroatoms. The molecule has 15 heavy (non-hydrogen) atoms. The maximum Gasteiger partial charge on any atom is 0.0201 e. The molecule has 0 aromatic rings. The fourth-order valence-corrected chi connectivity index (χ4v) is 3.74. The first-order valence-corrected chi connectivity index (χ1v) is 7.74. The Morgan fingerprint density at radius 3 is 2.40 bits per heavy atom. The first-order valence-electron chi connectivity index (χ1n) is 6.69. The Morgan fingerprint density at radius 2 is 1.80 bits per heavy atom. The van der Waals surface area contributed by atoms with Gasteiger partial charge in [-0.3, -0.25) is 0 Å². The lowest BCUT2D eigenvalue weighted by Gasteiger charge is -2.34. The molecule has 0 spiro atoms. The monoisotopic (exact) mass is 229 g/mol. The molecule has 0 radical (unpaired) electrons. The second kappa shape index (κ2) is 7.56. The van der Waals surface area contributed by atoms with Crippen LogP contribution in [0.3, 0.4) is 0 Å². The zero-order valence-corrected chi connectivity index (χ0v) is 11.4. The van der Waals surface area contributed by atoms with Gasteiger partial charge < -0.3 is 5.32 Å². The number of hydrogen-bond donors (Lipinski definition) is 1. The van der Waals surface area contributed by atoms with E-state index in [2.05, 4.69) is 37.8 Å². The van der Waals surface area contributed by atoms with Crippen molar-refractivity contribution in [2.45, 2.75) is 76.6 Å². The molecule has 1 aliphatic carbocycles. The summed E-state index contributed by atoms with van der Waals surface area (Å²) >= 11 is 2.16. The summed E-state index contributed by atoms with van der Waals surface area (Å²) < 4.78 is 0. The molecule has 1 nitrogen and oxygen atoms in total. The predicted octanol–water partition coefficient (Wildman–Crippen LogP) is 3.83. The molecule has 0 aromatic carbocycles. The van der Waals surface area contributed by atoms with Gasteiger partial charge in [0.2, 0.25) is 0 Å². The van der Waals surface area contributed by atoms with Crippen LogP contribution in [-0.4, -0.2) is 23.1 Å². The van der Waals surface area contributed by atoms with Crippen LogP contribution >= 0.6 is 11.8 Å². The highest BCUT2D eigenvalue weighted by Crippen LogP contribution is 2.29. The van der Waals surface area contributed by atoms with Gasteiger partial charge in [-0.15, -0.1) is 0 Å². The van der Waals surface area contributed by atoms with E-state index in [0.29, 0.717) is 0 Å². The van der Waals surface area contributed by atoms with Crippen LogP contribution in [0.1, 0.15) is 59.3 Å². The van der Waals surface area contributed by atoms with Crippen LogP contribution in [0.25, 0.3) is 0 Å². The van der Waals surface area contributed by atoms with Gasteiger partial charge in [0.1, 0.15) is 0 Å². The molecule has 1 saturated carbocycles. The normalized spacial score (nSPS) is 27.2. The molecule has 0 heterocycles. The highest BCUT2D eigenvalue weighted by Gasteiger charge is 2.25. The highest BCUT2D eigenvalue weighted by atomic mass is 32.2. The predicted molar refractivity (Wildman–Crippen MR) is 71.7 cm³/mol. The maximum absolute atomic E-state index is 3.87. The molecule has 2 atom stereocenters. The van der Waals surface area contributed by atoms with Gasteiger partial charge in [-0.2, -0.15) is 11.8 Å². The third-order valence-corrected chi connectivity index (χ3v) is 4.84. The van der Waals surface area contributed by atoms with Gasteiger partial charge in [-0.1, -0.05) is 33.6 Å². The van der Waals surface area contributed by atoms with Gasteiger partial charge in [0, 0.05) is 17.3 Å². The Hall–Kier alpha value is 0.310. The molecule has 1 N–H and O–H groups in total. The van der Waals surface area contributed by atoms with Gasteiger partial charge in [0.15, 0.2) is 0 Å². The van der Waals surface area contributed by atoms with Gasteiger partial charge >= 0.3 is 0 Å². The smallest absolute Gasteiger partial charge is 0.0201 e. The third kappa shape index (κ3) is 4.36. The summed E-state index contributed by atoms with van der Waals surface area (Å²) in [5, 5.41) is 4.75. The number of nitrogens with one attached hydrogen (secondary N) is 1. The van der Waals surface area contributed by atoms with Crippen molar-refractivity contribution in [3.8, 4) is 0 Å². The van der Waals surface area contributed by atoms with Crippen molar-refractivity contribution in [3.63, 3.8) is 0 Å². The molecule has 2 unspecified atom stereocenters. The summed E-state index contributed by atoms with van der Waals surface area (Å²) in [7, 11) is 0. The summed E-state index contributed by atoms with van der Waals surface area (Å²) in [6.45, 7) is 6.88. The van der Waals surface area contributed by atoms with E-state index < -0.39 is 0 Å². The molecular weight excluding hydrogens is 202 g/mol. The standard InChI is InChI=1S/C13H27NS/c1-4-11(5-2)14-12-9-7-8-10-13(12)15-6-3/h11-14H,4-10H2,1-3H3. The quantitative estimate of drug-likeness (QED) is 0.743. The topological polar surface area (TPSA) is 12.0 Å². The van der Waals surface area contributed by atoms with Crippen LogP contribution in [0.5, 0.6) is 0 Å². The average molecular weight is 229 g/mol. The van der Waals surface area contributed by atoms with E-state index in [-0.39, 0.29) is 0 Å². The Labute approximate surface area is 99.8 Å². The highest BCUT2D eigenvalue weighted by molar-refractivity contribution is 7.99. The van der Waals surface area contributed by atoms with Crippen molar-refractivity contribution < 1.29 is 0 Å². The van der Waals surface area contributed by atoms with Crippen molar-refractivity contribution >= 4 is 11.8 Å². The van der Waals surface area contributed by atoms with Crippen LogP contribution in [0, 0.1) is 0 Å². The Morgan fingerprint density at radius 1 is 1.13 bits per heavy atom. The molecule has 0 amide bonds.